The van der Waals surface area contributed by atoms with Crippen LogP contribution in [-0.4, -0.2) is 29.6 Å². The molecule has 1 aromatic rings. The highest BCUT2D eigenvalue weighted by Crippen LogP contribution is 2.25. The van der Waals surface area contributed by atoms with Crippen LogP contribution in [0.1, 0.15) is 64.9 Å². The van der Waals surface area contributed by atoms with E-state index in [4.69, 9.17) is 4.98 Å². The molecule has 4 nitrogen and oxygen atoms in total. The number of rotatable bonds is 6. The molecule has 0 radical (unpaired) electrons. The maximum atomic E-state index is 4.81. The van der Waals surface area contributed by atoms with E-state index in [0.717, 1.165) is 30.3 Å². The van der Waals surface area contributed by atoms with Gasteiger partial charge in [-0.1, -0.05) is 34.6 Å². The molecule has 1 heterocycles. The van der Waals surface area contributed by atoms with Crippen LogP contribution in [0.5, 0.6) is 0 Å². The average Bonchev–Trinajstić information content (AvgIpc) is 3.17. The van der Waals surface area contributed by atoms with Crippen LogP contribution in [0.4, 0.5) is 5.69 Å². The summed E-state index contributed by atoms with van der Waals surface area (Å²) in [6, 6.07) is 0.697. The topological polar surface area (TPSA) is 41.1 Å². The summed E-state index contributed by atoms with van der Waals surface area (Å²) in [5.74, 6) is 1.31. The third-order valence-corrected chi connectivity index (χ3v) is 3.64. The first-order valence-corrected chi connectivity index (χ1v) is 8.06. The van der Waals surface area contributed by atoms with Crippen molar-refractivity contribution in [3.8, 4) is 0 Å². The third kappa shape index (κ3) is 4.95. The lowest BCUT2D eigenvalue weighted by Crippen LogP contribution is -2.31. The van der Waals surface area contributed by atoms with Crippen molar-refractivity contribution in [3.63, 3.8) is 0 Å². The zero-order chi connectivity index (χ0) is 15.6. The molecule has 0 saturated heterocycles. The van der Waals surface area contributed by atoms with Crippen molar-refractivity contribution in [2.24, 2.45) is 5.41 Å². The Bertz CT molecular complexity index is 472. The van der Waals surface area contributed by atoms with E-state index in [9.17, 15) is 0 Å². The van der Waals surface area contributed by atoms with Crippen molar-refractivity contribution in [2.75, 3.05) is 18.5 Å². The fourth-order valence-corrected chi connectivity index (χ4v) is 2.48. The Morgan fingerprint density at radius 1 is 1.33 bits per heavy atom. The number of nitrogens with one attached hydrogen (secondary N) is 1. The number of hydrogen-bond acceptors (Lipinski definition) is 4. The minimum atomic E-state index is 0.257. The molecule has 4 heteroatoms. The van der Waals surface area contributed by atoms with E-state index in [-0.39, 0.29) is 5.41 Å². The van der Waals surface area contributed by atoms with Gasteiger partial charge in [0.05, 0.1) is 17.6 Å². The highest BCUT2D eigenvalue weighted by atomic mass is 15.1. The van der Waals surface area contributed by atoms with E-state index in [1.165, 1.54) is 12.8 Å². The predicted molar refractivity (Wildman–Crippen MR) is 88.7 cm³/mol. The Hall–Kier alpha value is -1.16. The quantitative estimate of drug-likeness (QED) is 0.872. The number of anilines is 1. The molecule has 21 heavy (non-hydrogen) atoms. The van der Waals surface area contributed by atoms with Gasteiger partial charge in [0.2, 0.25) is 0 Å². The molecule has 1 saturated carbocycles. The molecule has 1 aliphatic rings. The van der Waals surface area contributed by atoms with Gasteiger partial charge in [-0.2, -0.15) is 0 Å². The predicted octanol–water partition coefficient (Wildman–Crippen LogP) is 3.33. The fourth-order valence-electron chi connectivity index (χ4n) is 2.48. The maximum absolute atomic E-state index is 4.81. The van der Waals surface area contributed by atoms with Crippen LogP contribution in [0, 0.1) is 5.41 Å². The van der Waals surface area contributed by atoms with Gasteiger partial charge in [-0.25, -0.2) is 9.97 Å². The molecule has 2 rings (SSSR count). The Morgan fingerprint density at radius 2 is 2.00 bits per heavy atom. The molecule has 118 valence electrons. The monoisotopic (exact) mass is 290 g/mol. The van der Waals surface area contributed by atoms with Gasteiger partial charge in [-0.15, -0.1) is 0 Å². The molecule has 1 aromatic heterocycles. The summed E-state index contributed by atoms with van der Waals surface area (Å²) >= 11 is 0. The van der Waals surface area contributed by atoms with Gasteiger partial charge in [0.25, 0.3) is 0 Å². The normalized spacial score (nSPS) is 15.6. The minimum Gasteiger partial charge on any atom is -0.371 e. The van der Waals surface area contributed by atoms with Crippen molar-refractivity contribution in [3.05, 3.63) is 17.7 Å². The standard InChI is InChI=1S/C17H30N4/c1-12(2)16-19-10-15(21(6)11-17(3,4)5)14(20-16)9-18-13-7-8-13/h10,12-13,18H,7-9,11H2,1-6H3. The summed E-state index contributed by atoms with van der Waals surface area (Å²) in [6.07, 6.45) is 4.60. The molecular formula is C17H30N4. The van der Waals surface area contributed by atoms with E-state index in [1.54, 1.807) is 0 Å². The SMILES string of the molecule is CC(C)c1ncc(N(C)CC(C)(C)C)c(CNC2CC2)n1. The van der Waals surface area contributed by atoms with E-state index < -0.39 is 0 Å². The molecule has 0 bridgehead atoms. The second kappa shape index (κ2) is 6.30. The molecule has 0 aromatic carbocycles. The minimum absolute atomic E-state index is 0.257. The van der Waals surface area contributed by atoms with Crippen molar-refractivity contribution in [1.29, 1.82) is 0 Å². The van der Waals surface area contributed by atoms with Crippen LogP contribution in [0.25, 0.3) is 0 Å². The highest BCUT2D eigenvalue weighted by molar-refractivity contribution is 5.48. The van der Waals surface area contributed by atoms with Crippen molar-refractivity contribution in [1.82, 2.24) is 15.3 Å². The van der Waals surface area contributed by atoms with Crippen LogP contribution in [0.3, 0.4) is 0 Å². The summed E-state index contributed by atoms with van der Waals surface area (Å²) in [6.45, 7) is 12.9. The molecule has 0 aliphatic heterocycles. The third-order valence-electron chi connectivity index (χ3n) is 3.64. The van der Waals surface area contributed by atoms with Crippen molar-refractivity contribution < 1.29 is 0 Å². The maximum Gasteiger partial charge on any atom is 0.131 e. The summed E-state index contributed by atoms with van der Waals surface area (Å²) in [4.78, 5) is 11.6. The Labute approximate surface area is 129 Å². The Balaban J connectivity index is 2.20. The van der Waals surface area contributed by atoms with Gasteiger partial charge in [0.1, 0.15) is 5.82 Å². The van der Waals surface area contributed by atoms with Gasteiger partial charge in [-0.3, -0.25) is 0 Å². The first kappa shape index (κ1) is 16.2. The zero-order valence-electron chi connectivity index (χ0n) is 14.4. The lowest BCUT2D eigenvalue weighted by Gasteiger charge is -2.29. The van der Waals surface area contributed by atoms with E-state index in [0.29, 0.717) is 12.0 Å². The van der Waals surface area contributed by atoms with Gasteiger partial charge in [0, 0.05) is 32.1 Å². The van der Waals surface area contributed by atoms with E-state index >= 15 is 0 Å². The molecule has 0 amide bonds. The lowest BCUT2D eigenvalue weighted by atomic mass is 9.96. The van der Waals surface area contributed by atoms with Crippen molar-refractivity contribution >= 4 is 5.69 Å². The van der Waals surface area contributed by atoms with Crippen LogP contribution in [-0.2, 0) is 6.54 Å². The van der Waals surface area contributed by atoms with Gasteiger partial charge >= 0.3 is 0 Å². The molecule has 0 atom stereocenters. The zero-order valence-corrected chi connectivity index (χ0v) is 14.4. The second-order valence-corrected chi connectivity index (χ2v) is 7.79. The number of hydrogen-bond donors (Lipinski definition) is 1. The lowest BCUT2D eigenvalue weighted by molar-refractivity contribution is 0.418. The Kier molecular flexibility index (Phi) is 4.87. The molecule has 1 fully saturated rings. The van der Waals surface area contributed by atoms with Gasteiger partial charge < -0.3 is 10.2 Å². The average molecular weight is 290 g/mol. The van der Waals surface area contributed by atoms with Gasteiger partial charge in [0.15, 0.2) is 0 Å². The summed E-state index contributed by atoms with van der Waals surface area (Å²) < 4.78 is 0. The van der Waals surface area contributed by atoms with Crippen molar-refractivity contribution in [2.45, 2.75) is 66.0 Å². The molecule has 1 N–H and O–H groups in total. The largest absolute Gasteiger partial charge is 0.371 e. The van der Waals surface area contributed by atoms with Crippen LogP contribution in [0.15, 0.2) is 6.20 Å². The first-order chi connectivity index (χ1) is 9.76. The summed E-state index contributed by atoms with van der Waals surface area (Å²) in [7, 11) is 2.14. The smallest absolute Gasteiger partial charge is 0.131 e. The molecular weight excluding hydrogens is 260 g/mol. The molecule has 0 spiro atoms. The second-order valence-electron chi connectivity index (χ2n) is 7.79. The Morgan fingerprint density at radius 3 is 2.52 bits per heavy atom. The fraction of sp³-hybridized carbons (Fsp3) is 0.765. The number of aromatic nitrogens is 2. The van der Waals surface area contributed by atoms with E-state index in [1.807, 2.05) is 6.20 Å². The summed E-state index contributed by atoms with van der Waals surface area (Å²) in [5, 5.41) is 3.58. The van der Waals surface area contributed by atoms with Crippen LogP contribution in [0.2, 0.25) is 0 Å². The molecule has 0 unspecified atom stereocenters. The van der Waals surface area contributed by atoms with Crippen LogP contribution >= 0.6 is 0 Å². The van der Waals surface area contributed by atoms with Gasteiger partial charge in [-0.05, 0) is 18.3 Å². The highest BCUT2D eigenvalue weighted by Gasteiger charge is 2.23. The van der Waals surface area contributed by atoms with E-state index in [2.05, 4.69) is 56.9 Å². The molecule has 1 aliphatic carbocycles. The summed E-state index contributed by atoms with van der Waals surface area (Å²) in [5.41, 5.74) is 2.54. The van der Waals surface area contributed by atoms with Crippen LogP contribution < -0.4 is 10.2 Å². The first-order valence-electron chi connectivity index (χ1n) is 8.06. The number of nitrogens with zero attached hydrogens (tertiary/aromatic N) is 3.